The molecule has 0 amide bonds. The van der Waals surface area contributed by atoms with Gasteiger partial charge in [-0.15, -0.1) is 0 Å². The Morgan fingerprint density at radius 2 is 1.69 bits per heavy atom. The van der Waals surface area contributed by atoms with Crippen molar-refractivity contribution in [2.24, 2.45) is 5.41 Å². The Morgan fingerprint density at radius 3 is 2.41 bits per heavy atom. The summed E-state index contributed by atoms with van der Waals surface area (Å²) in [6, 6.07) is 8.39. The lowest BCUT2D eigenvalue weighted by Gasteiger charge is -2.34. The summed E-state index contributed by atoms with van der Waals surface area (Å²) in [5.74, 6) is 1.07. The third-order valence-electron chi connectivity index (χ3n) is 7.08. The van der Waals surface area contributed by atoms with E-state index in [-0.39, 0.29) is 5.56 Å². The number of aromatic amines is 1. The van der Waals surface area contributed by atoms with Crippen LogP contribution in [0.25, 0.3) is 10.9 Å². The maximum atomic E-state index is 12.5. The summed E-state index contributed by atoms with van der Waals surface area (Å²) in [7, 11) is 0. The van der Waals surface area contributed by atoms with Crippen molar-refractivity contribution in [1.82, 2.24) is 20.2 Å². The van der Waals surface area contributed by atoms with Crippen molar-refractivity contribution >= 4 is 34.0 Å². The minimum Gasteiger partial charge on any atom is -0.378 e. The Hall–Kier alpha value is -3.20. The van der Waals surface area contributed by atoms with Gasteiger partial charge in [-0.05, 0) is 55.4 Å². The number of H-pyrrole nitrogens is 1. The molecule has 2 aliphatic heterocycles. The summed E-state index contributed by atoms with van der Waals surface area (Å²) >= 11 is 0. The molecule has 1 spiro atoms. The highest BCUT2D eigenvalue weighted by molar-refractivity contribution is 5.90. The van der Waals surface area contributed by atoms with Crippen molar-refractivity contribution in [3.05, 3.63) is 40.8 Å². The van der Waals surface area contributed by atoms with Crippen LogP contribution in [0.1, 0.15) is 25.7 Å². The van der Waals surface area contributed by atoms with Gasteiger partial charge in [0.25, 0.3) is 5.56 Å². The minimum absolute atomic E-state index is 0.308. The Balaban J connectivity index is 1.27. The molecule has 3 aliphatic rings. The third-order valence-corrected chi connectivity index (χ3v) is 7.08. The number of piperidine rings is 1. The topological polar surface area (TPSA) is 99.3 Å². The number of ether oxygens (including phenoxy) is 1. The predicted octanol–water partition coefficient (Wildman–Crippen LogP) is 2.67. The SMILES string of the molecule is O=c1[nH]ncc2nc(N3CCOCC3)nc(Nc3ccc(N4CCC5(CC4)CC5)cc3)c12. The molecule has 3 aromatic rings. The van der Waals surface area contributed by atoms with Crippen molar-refractivity contribution in [2.45, 2.75) is 25.7 Å². The van der Waals surface area contributed by atoms with Crippen molar-refractivity contribution in [1.29, 1.82) is 0 Å². The first-order chi connectivity index (χ1) is 15.7. The van der Waals surface area contributed by atoms with Gasteiger partial charge in [0, 0.05) is 37.6 Å². The lowest BCUT2D eigenvalue weighted by molar-refractivity contribution is 0.122. The summed E-state index contributed by atoms with van der Waals surface area (Å²) in [5, 5.41) is 10.2. The first-order valence-corrected chi connectivity index (χ1v) is 11.4. The Kier molecular flexibility index (Phi) is 4.71. The van der Waals surface area contributed by atoms with Crippen LogP contribution < -0.4 is 20.7 Å². The maximum absolute atomic E-state index is 12.5. The molecule has 2 N–H and O–H groups in total. The number of hydrogen-bond acceptors (Lipinski definition) is 8. The molecule has 166 valence electrons. The van der Waals surface area contributed by atoms with Gasteiger partial charge in [-0.25, -0.2) is 10.1 Å². The molecule has 0 unspecified atom stereocenters. The van der Waals surface area contributed by atoms with Crippen molar-refractivity contribution in [3.8, 4) is 0 Å². The number of nitrogens with zero attached hydrogens (tertiary/aromatic N) is 5. The standard InChI is InChI=1S/C23H27N7O2/c31-21-19-18(15-24-28-21)26-22(30-11-13-32-14-12-30)27-20(19)25-16-1-3-17(4-2-16)29-9-7-23(5-6-23)8-10-29/h1-4,15H,5-14H2,(H,28,31)(H,25,26,27). The fraction of sp³-hybridized carbons (Fsp3) is 0.478. The number of morpholine rings is 1. The number of anilines is 4. The highest BCUT2D eigenvalue weighted by Crippen LogP contribution is 2.53. The number of benzene rings is 1. The van der Waals surface area contributed by atoms with Crippen molar-refractivity contribution in [2.75, 3.05) is 54.5 Å². The van der Waals surface area contributed by atoms with Crippen LogP contribution in [-0.2, 0) is 4.74 Å². The van der Waals surface area contributed by atoms with Gasteiger partial charge in [0.1, 0.15) is 16.7 Å². The van der Waals surface area contributed by atoms with Gasteiger partial charge in [0.15, 0.2) is 0 Å². The van der Waals surface area contributed by atoms with E-state index in [1.165, 1.54) is 31.4 Å². The highest BCUT2D eigenvalue weighted by atomic mass is 16.5. The van der Waals surface area contributed by atoms with E-state index >= 15 is 0 Å². The second-order valence-corrected chi connectivity index (χ2v) is 9.09. The lowest BCUT2D eigenvalue weighted by atomic mass is 9.93. The summed E-state index contributed by atoms with van der Waals surface area (Å²) in [6.45, 7) is 4.97. The van der Waals surface area contributed by atoms with Gasteiger partial charge in [0.2, 0.25) is 5.95 Å². The average Bonchev–Trinajstić information content (AvgIpc) is 3.59. The van der Waals surface area contributed by atoms with Gasteiger partial charge in [-0.3, -0.25) is 4.79 Å². The van der Waals surface area contributed by atoms with E-state index in [2.05, 4.69) is 54.6 Å². The summed E-state index contributed by atoms with van der Waals surface area (Å²) in [4.78, 5) is 26.4. The molecular formula is C23H27N7O2. The smallest absolute Gasteiger partial charge is 0.277 e. The van der Waals surface area contributed by atoms with Crippen LogP contribution in [0, 0.1) is 5.41 Å². The summed E-state index contributed by atoms with van der Waals surface area (Å²) < 4.78 is 5.45. The summed E-state index contributed by atoms with van der Waals surface area (Å²) in [5.41, 5.74) is 3.01. The van der Waals surface area contributed by atoms with Gasteiger partial charge in [0.05, 0.1) is 19.4 Å². The lowest BCUT2D eigenvalue weighted by Crippen LogP contribution is -2.37. The molecule has 1 saturated carbocycles. The van der Waals surface area contributed by atoms with E-state index in [0.717, 1.165) is 18.8 Å². The largest absolute Gasteiger partial charge is 0.378 e. The highest BCUT2D eigenvalue weighted by Gasteiger charge is 2.44. The molecule has 0 atom stereocenters. The molecule has 3 fully saturated rings. The second-order valence-electron chi connectivity index (χ2n) is 9.09. The molecule has 4 heterocycles. The Labute approximate surface area is 185 Å². The van der Waals surface area contributed by atoms with Crippen LogP contribution in [0.3, 0.4) is 0 Å². The molecule has 9 heteroatoms. The number of aromatic nitrogens is 4. The van der Waals surface area contributed by atoms with Crippen LogP contribution in [0.2, 0.25) is 0 Å². The molecule has 0 bridgehead atoms. The van der Waals surface area contributed by atoms with Gasteiger partial charge < -0.3 is 19.9 Å². The molecule has 32 heavy (non-hydrogen) atoms. The van der Waals surface area contributed by atoms with E-state index in [0.29, 0.717) is 54.4 Å². The van der Waals surface area contributed by atoms with E-state index in [4.69, 9.17) is 9.72 Å². The van der Waals surface area contributed by atoms with E-state index in [1.54, 1.807) is 6.20 Å². The number of rotatable bonds is 4. The van der Waals surface area contributed by atoms with Crippen LogP contribution in [0.5, 0.6) is 0 Å². The van der Waals surface area contributed by atoms with E-state index in [9.17, 15) is 4.79 Å². The maximum Gasteiger partial charge on any atom is 0.277 e. The van der Waals surface area contributed by atoms with Crippen LogP contribution in [-0.4, -0.2) is 59.6 Å². The van der Waals surface area contributed by atoms with Crippen LogP contribution in [0.15, 0.2) is 35.3 Å². The molecule has 2 aromatic heterocycles. The molecule has 0 radical (unpaired) electrons. The average molecular weight is 434 g/mol. The van der Waals surface area contributed by atoms with Crippen molar-refractivity contribution < 1.29 is 4.74 Å². The molecular weight excluding hydrogens is 406 g/mol. The zero-order valence-corrected chi connectivity index (χ0v) is 18.0. The van der Waals surface area contributed by atoms with Gasteiger partial charge in [-0.2, -0.15) is 10.1 Å². The predicted molar refractivity (Wildman–Crippen MR) is 124 cm³/mol. The van der Waals surface area contributed by atoms with E-state index in [1.807, 2.05) is 0 Å². The summed E-state index contributed by atoms with van der Waals surface area (Å²) in [6.07, 6.45) is 7.01. The number of hydrogen-bond donors (Lipinski definition) is 2. The number of fused-ring (bicyclic) bond motifs is 1. The molecule has 9 nitrogen and oxygen atoms in total. The molecule has 2 saturated heterocycles. The molecule has 1 aromatic carbocycles. The quantitative estimate of drug-likeness (QED) is 0.648. The van der Waals surface area contributed by atoms with Gasteiger partial charge in [-0.1, -0.05) is 0 Å². The monoisotopic (exact) mass is 433 g/mol. The second kappa shape index (κ2) is 7.74. The normalized spacial score (nSPS) is 20.0. The zero-order valence-electron chi connectivity index (χ0n) is 18.0. The minimum atomic E-state index is -0.308. The van der Waals surface area contributed by atoms with E-state index < -0.39 is 0 Å². The fourth-order valence-corrected chi connectivity index (χ4v) is 4.79. The Morgan fingerprint density at radius 1 is 0.938 bits per heavy atom. The first kappa shape index (κ1) is 19.5. The zero-order chi connectivity index (χ0) is 21.5. The third kappa shape index (κ3) is 3.66. The van der Waals surface area contributed by atoms with Crippen molar-refractivity contribution in [3.63, 3.8) is 0 Å². The molecule has 6 rings (SSSR count). The molecule has 1 aliphatic carbocycles. The van der Waals surface area contributed by atoms with Crippen LogP contribution in [0.4, 0.5) is 23.1 Å². The van der Waals surface area contributed by atoms with Gasteiger partial charge >= 0.3 is 0 Å². The Bertz CT molecular complexity index is 1170. The fourth-order valence-electron chi connectivity index (χ4n) is 4.79. The first-order valence-electron chi connectivity index (χ1n) is 11.4. The number of nitrogens with one attached hydrogen (secondary N) is 2. The van der Waals surface area contributed by atoms with Crippen LogP contribution >= 0.6 is 0 Å².